The highest BCUT2D eigenvalue weighted by Gasteiger charge is 2.14. The van der Waals surface area contributed by atoms with Crippen molar-refractivity contribution in [1.29, 1.82) is 0 Å². The lowest BCUT2D eigenvalue weighted by Gasteiger charge is -2.22. The molecule has 1 aromatic rings. The summed E-state index contributed by atoms with van der Waals surface area (Å²) < 4.78 is 44.8. The number of hydrogen-bond donors (Lipinski definition) is 0. The molecule has 1 aliphatic rings. The molecule has 0 N–H and O–H groups in total. The van der Waals surface area contributed by atoms with Crippen LogP contribution in [-0.2, 0) is 41.7 Å². The van der Waals surface area contributed by atoms with E-state index in [1.165, 1.54) is 25.3 Å². The van der Waals surface area contributed by atoms with Crippen molar-refractivity contribution < 1.29 is 32.2 Å². The Morgan fingerprint density at radius 2 is 1.82 bits per heavy atom. The van der Waals surface area contributed by atoms with E-state index in [0.29, 0.717) is 32.3 Å². The first-order chi connectivity index (χ1) is 16.4. The summed E-state index contributed by atoms with van der Waals surface area (Å²) in [5, 5.41) is 0. The normalized spacial score (nSPS) is 16.4. The number of methoxy groups -OCH3 is 1. The van der Waals surface area contributed by atoms with Gasteiger partial charge < -0.3 is 18.9 Å². The van der Waals surface area contributed by atoms with Crippen LogP contribution in [0.15, 0.2) is 18.2 Å². The fourth-order valence-electron chi connectivity index (χ4n) is 4.07. The Hall–Kier alpha value is -1.64. The van der Waals surface area contributed by atoms with Gasteiger partial charge in [0.15, 0.2) is 6.29 Å². The number of rotatable bonds is 17. The predicted molar refractivity (Wildman–Crippen MR) is 133 cm³/mol. The minimum absolute atomic E-state index is 0.0137. The van der Waals surface area contributed by atoms with E-state index in [4.69, 9.17) is 18.9 Å². The zero-order valence-corrected chi connectivity index (χ0v) is 21.7. The second-order valence-corrected chi connectivity index (χ2v) is 11.2. The van der Waals surface area contributed by atoms with Crippen LogP contribution in [0.3, 0.4) is 0 Å². The van der Waals surface area contributed by atoms with Crippen LogP contribution < -0.4 is 4.74 Å². The van der Waals surface area contributed by atoms with Gasteiger partial charge in [0.1, 0.15) is 15.6 Å². The van der Waals surface area contributed by atoms with Crippen LogP contribution >= 0.6 is 0 Å². The molecule has 1 unspecified atom stereocenters. The highest BCUT2D eigenvalue weighted by atomic mass is 32.2. The fourth-order valence-corrected chi connectivity index (χ4v) is 4.80. The first kappa shape index (κ1) is 28.6. The number of unbranched alkanes of at least 4 members (excludes halogenated alkanes) is 4. The maximum atomic E-state index is 11.7. The van der Waals surface area contributed by atoms with Crippen LogP contribution in [0.25, 0.3) is 0 Å². The molecule has 1 atom stereocenters. The van der Waals surface area contributed by atoms with Gasteiger partial charge in [-0.1, -0.05) is 25.0 Å². The lowest BCUT2D eigenvalue weighted by Crippen LogP contribution is -2.22. The van der Waals surface area contributed by atoms with E-state index in [-0.39, 0.29) is 18.0 Å². The van der Waals surface area contributed by atoms with Crippen molar-refractivity contribution in [2.75, 3.05) is 38.9 Å². The molecule has 0 saturated carbocycles. The maximum Gasteiger partial charge on any atom is 0.305 e. The smallest absolute Gasteiger partial charge is 0.305 e. The number of esters is 1. The molecular formula is C26H42O7S. The molecule has 1 aliphatic heterocycles. The molecule has 34 heavy (non-hydrogen) atoms. The van der Waals surface area contributed by atoms with Crippen LogP contribution in [-0.4, -0.2) is 59.6 Å². The molecule has 1 fully saturated rings. The van der Waals surface area contributed by atoms with Crippen LogP contribution in [0, 0.1) is 0 Å². The topological polar surface area (TPSA) is 88.1 Å². The number of carbonyl (C=O) groups is 1. The van der Waals surface area contributed by atoms with Crippen molar-refractivity contribution in [2.45, 2.75) is 83.3 Å². The summed E-state index contributed by atoms with van der Waals surface area (Å²) in [6, 6.07) is 6.02. The number of carbonyl (C=O) groups excluding carboxylic acids is 1. The number of aryl methyl sites for hydroxylation is 1. The Morgan fingerprint density at radius 1 is 1.03 bits per heavy atom. The standard InChI is InChI=1S/C26H42O7S/c1-30-25(27)17-16-23-22(12-5-3-4-7-19-32-26-15-6-8-20-33-26)13-11-14-24(23)31-18-9-10-21-34(2,28)29/h11,13-14,26H,3-10,12,15-21H2,1-2H3. The van der Waals surface area contributed by atoms with Gasteiger partial charge in [0, 0.05) is 25.9 Å². The van der Waals surface area contributed by atoms with Crippen molar-refractivity contribution in [3.63, 3.8) is 0 Å². The van der Waals surface area contributed by atoms with Crippen molar-refractivity contribution in [3.8, 4) is 5.75 Å². The summed E-state index contributed by atoms with van der Waals surface area (Å²) in [5.41, 5.74) is 2.25. The molecule has 1 heterocycles. The van der Waals surface area contributed by atoms with E-state index in [9.17, 15) is 13.2 Å². The zero-order chi connectivity index (χ0) is 24.7. The third-order valence-corrected chi connectivity index (χ3v) is 7.02. The van der Waals surface area contributed by atoms with Crippen molar-refractivity contribution in [1.82, 2.24) is 0 Å². The Bertz CT molecular complexity index is 816. The summed E-state index contributed by atoms with van der Waals surface area (Å²) >= 11 is 0. The van der Waals surface area contributed by atoms with Gasteiger partial charge >= 0.3 is 5.97 Å². The molecule has 1 aromatic carbocycles. The Kier molecular flexibility index (Phi) is 13.5. The average molecular weight is 499 g/mol. The molecule has 2 rings (SSSR count). The van der Waals surface area contributed by atoms with E-state index < -0.39 is 9.84 Å². The van der Waals surface area contributed by atoms with Gasteiger partial charge in [-0.3, -0.25) is 4.79 Å². The second-order valence-electron chi connectivity index (χ2n) is 8.99. The van der Waals surface area contributed by atoms with Crippen molar-refractivity contribution in [2.24, 2.45) is 0 Å². The molecular weight excluding hydrogens is 456 g/mol. The number of benzene rings is 1. The summed E-state index contributed by atoms with van der Waals surface area (Å²) in [4.78, 5) is 11.7. The lowest BCUT2D eigenvalue weighted by atomic mass is 9.97. The van der Waals surface area contributed by atoms with Gasteiger partial charge in [-0.05, 0) is 75.0 Å². The Labute approximate surface area is 205 Å². The number of hydrogen-bond acceptors (Lipinski definition) is 7. The van der Waals surface area contributed by atoms with Crippen molar-refractivity contribution in [3.05, 3.63) is 29.3 Å². The van der Waals surface area contributed by atoms with Crippen LogP contribution in [0.2, 0.25) is 0 Å². The minimum atomic E-state index is -2.95. The highest BCUT2D eigenvalue weighted by molar-refractivity contribution is 7.90. The Morgan fingerprint density at radius 3 is 2.56 bits per heavy atom. The second kappa shape index (κ2) is 16.1. The van der Waals surface area contributed by atoms with E-state index >= 15 is 0 Å². The summed E-state index contributed by atoms with van der Waals surface area (Å²) in [6.45, 7) is 2.01. The molecule has 194 valence electrons. The Balaban J connectivity index is 1.79. The number of ether oxygens (including phenoxy) is 4. The maximum absolute atomic E-state index is 11.7. The van der Waals surface area contributed by atoms with E-state index in [1.54, 1.807) is 0 Å². The number of sulfone groups is 1. The first-order valence-corrected chi connectivity index (χ1v) is 14.7. The molecule has 0 aromatic heterocycles. The van der Waals surface area contributed by atoms with Gasteiger partial charge in [-0.15, -0.1) is 0 Å². The van der Waals surface area contributed by atoms with Gasteiger partial charge in [0.2, 0.25) is 0 Å². The average Bonchev–Trinajstić information content (AvgIpc) is 2.82. The van der Waals surface area contributed by atoms with Crippen LogP contribution in [0.4, 0.5) is 0 Å². The van der Waals surface area contributed by atoms with E-state index in [0.717, 1.165) is 69.5 Å². The minimum Gasteiger partial charge on any atom is -0.493 e. The lowest BCUT2D eigenvalue weighted by molar-refractivity contribution is -0.162. The van der Waals surface area contributed by atoms with Gasteiger partial charge in [-0.25, -0.2) is 8.42 Å². The SMILES string of the molecule is COC(=O)CCc1c(CCCCCCOC2CCCCO2)cccc1OCCCCS(C)(=O)=O. The van der Waals surface area contributed by atoms with Gasteiger partial charge in [0.25, 0.3) is 0 Å². The van der Waals surface area contributed by atoms with E-state index in [1.807, 2.05) is 12.1 Å². The molecule has 1 saturated heterocycles. The fraction of sp³-hybridized carbons (Fsp3) is 0.731. The molecule has 0 spiro atoms. The highest BCUT2D eigenvalue weighted by Crippen LogP contribution is 2.26. The van der Waals surface area contributed by atoms with Gasteiger partial charge in [-0.2, -0.15) is 0 Å². The molecule has 0 radical (unpaired) electrons. The molecule has 0 aliphatic carbocycles. The van der Waals surface area contributed by atoms with Crippen LogP contribution in [0.5, 0.6) is 5.75 Å². The van der Waals surface area contributed by atoms with Gasteiger partial charge in [0.05, 0.1) is 19.5 Å². The third-order valence-electron chi connectivity index (χ3n) is 5.99. The van der Waals surface area contributed by atoms with E-state index in [2.05, 4.69) is 6.07 Å². The predicted octanol–water partition coefficient (Wildman–Crippen LogP) is 4.64. The molecule has 8 heteroatoms. The summed E-state index contributed by atoms with van der Waals surface area (Å²) in [6.07, 6.45) is 11.9. The molecule has 7 nitrogen and oxygen atoms in total. The zero-order valence-electron chi connectivity index (χ0n) is 20.9. The quantitative estimate of drug-likeness (QED) is 0.228. The van der Waals surface area contributed by atoms with Crippen molar-refractivity contribution >= 4 is 15.8 Å². The monoisotopic (exact) mass is 498 g/mol. The van der Waals surface area contributed by atoms with Crippen LogP contribution in [0.1, 0.15) is 75.3 Å². The summed E-state index contributed by atoms with van der Waals surface area (Å²) in [5.74, 6) is 0.710. The summed E-state index contributed by atoms with van der Waals surface area (Å²) in [7, 11) is -1.55. The largest absolute Gasteiger partial charge is 0.493 e. The molecule has 0 amide bonds. The third kappa shape index (κ3) is 12.2. The first-order valence-electron chi connectivity index (χ1n) is 12.6. The molecule has 0 bridgehead atoms.